The van der Waals surface area contributed by atoms with E-state index in [2.05, 4.69) is 10.2 Å². The number of hydrogen-bond donors (Lipinski definition) is 2. The number of aromatic carboxylic acids is 1. The van der Waals surface area contributed by atoms with E-state index in [1.807, 2.05) is 16.7 Å². The summed E-state index contributed by atoms with van der Waals surface area (Å²) < 4.78 is 50.1. The first-order valence-electron chi connectivity index (χ1n) is 11.5. The van der Waals surface area contributed by atoms with Crippen molar-refractivity contribution in [1.29, 1.82) is 0 Å². The normalized spacial score (nSPS) is 14.6. The molecule has 2 N–H and O–H groups in total. The van der Waals surface area contributed by atoms with Crippen molar-refractivity contribution in [3.05, 3.63) is 83.4 Å². The molecule has 36 heavy (non-hydrogen) atoms. The van der Waals surface area contributed by atoms with E-state index < -0.39 is 29.0 Å². The van der Waals surface area contributed by atoms with E-state index in [4.69, 9.17) is 4.74 Å². The molecular formula is C27H20F3N3O3. The number of halogens is 3. The van der Waals surface area contributed by atoms with Crippen molar-refractivity contribution < 1.29 is 27.8 Å². The monoisotopic (exact) mass is 491 g/mol. The van der Waals surface area contributed by atoms with Crippen LogP contribution in [0, 0.1) is 17.5 Å². The predicted octanol–water partition coefficient (Wildman–Crippen LogP) is 6.18. The summed E-state index contributed by atoms with van der Waals surface area (Å²) in [4.78, 5) is 11.7. The summed E-state index contributed by atoms with van der Waals surface area (Å²) in [5.41, 5.74) is 3.48. The predicted molar refractivity (Wildman–Crippen MR) is 128 cm³/mol. The number of fused-ring (bicyclic) bond motifs is 2. The molecule has 0 saturated carbocycles. The van der Waals surface area contributed by atoms with E-state index in [0.29, 0.717) is 48.4 Å². The molecule has 182 valence electrons. The first-order chi connectivity index (χ1) is 17.4. The lowest BCUT2D eigenvalue weighted by Gasteiger charge is -2.26. The number of nitrogens with zero attached hydrogens (tertiary/aromatic N) is 2. The first kappa shape index (κ1) is 22.4. The molecule has 1 fully saturated rings. The maximum absolute atomic E-state index is 14.4. The van der Waals surface area contributed by atoms with Crippen LogP contribution in [-0.4, -0.2) is 39.1 Å². The second-order valence-corrected chi connectivity index (χ2v) is 8.91. The number of hydrogen-bond acceptors (Lipinski definition) is 3. The highest BCUT2D eigenvalue weighted by molar-refractivity contribution is 6.06. The maximum Gasteiger partial charge on any atom is 0.338 e. The van der Waals surface area contributed by atoms with Crippen LogP contribution in [-0.2, 0) is 4.74 Å². The van der Waals surface area contributed by atoms with Crippen LogP contribution in [0.4, 0.5) is 13.2 Å². The van der Waals surface area contributed by atoms with Gasteiger partial charge in [0.2, 0.25) is 0 Å². The van der Waals surface area contributed by atoms with Crippen LogP contribution in [0.5, 0.6) is 0 Å². The summed E-state index contributed by atoms with van der Waals surface area (Å²) in [6, 6.07) is 11.6. The molecule has 0 unspecified atom stereocenters. The van der Waals surface area contributed by atoms with Gasteiger partial charge in [0.25, 0.3) is 0 Å². The number of carbonyl (C=O) groups is 1. The number of ether oxygens (including phenoxy) is 1. The molecule has 2 aromatic heterocycles. The molecule has 3 heterocycles. The highest BCUT2D eigenvalue weighted by Crippen LogP contribution is 2.45. The summed E-state index contributed by atoms with van der Waals surface area (Å²) in [5, 5.41) is 18.2. The zero-order valence-corrected chi connectivity index (χ0v) is 18.9. The molecule has 3 aromatic carbocycles. The lowest BCUT2D eigenvalue weighted by molar-refractivity contribution is 0.0692. The summed E-state index contributed by atoms with van der Waals surface area (Å²) in [7, 11) is 0. The van der Waals surface area contributed by atoms with Gasteiger partial charge < -0.3 is 14.4 Å². The topological polar surface area (TPSA) is 80.1 Å². The van der Waals surface area contributed by atoms with E-state index in [1.165, 1.54) is 12.1 Å². The van der Waals surface area contributed by atoms with Crippen LogP contribution in [0.15, 0.2) is 54.7 Å². The van der Waals surface area contributed by atoms with Crippen molar-refractivity contribution in [1.82, 2.24) is 14.8 Å². The molecule has 1 aliphatic rings. The Morgan fingerprint density at radius 3 is 2.53 bits per heavy atom. The van der Waals surface area contributed by atoms with Crippen LogP contribution in [0.1, 0.15) is 34.8 Å². The number of carboxylic acids is 1. The largest absolute Gasteiger partial charge is 0.478 e. The zero-order chi connectivity index (χ0) is 25.0. The van der Waals surface area contributed by atoms with Gasteiger partial charge in [0, 0.05) is 52.9 Å². The van der Waals surface area contributed by atoms with Crippen LogP contribution in [0.25, 0.3) is 38.6 Å². The number of rotatable bonds is 4. The van der Waals surface area contributed by atoms with Gasteiger partial charge in [0.05, 0.1) is 22.8 Å². The first-order valence-corrected chi connectivity index (χ1v) is 11.5. The molecule has 0 spiro atoms. The average molecular weight is 491 g/mol. The van der Waals surface area contributed by atoms with E-state index in [1.54, 1.807) is 12.3 Å². The molecule has 0 aliphatic carbocycles. The Morgan fingerprint density at radius 1 is 1.00 bits per heavy atom. The molecule has 9 heteroatoms. The Labute approximate surface area is 202 Å². The van der Waals surface area contributed by atoms with E-state index in [-0.39, 0.29) is 5.92 Å². The molecule has 0 bridgehead atoms. The summed E-state index contributed by atoms with van der Waals surface area (Å²) in [5.74, 6) is -4.16. The third kappa shape index (κ3) is 3.54. The molecule has 0 radical (unpaired) electrons. The third-order valence-electron chi connectivity index (χ3n) is 6.82. The molecule has 6 nitrogen and oxygen atoms in total. The Bertz CT molecular complexity index is 1650. The fraction of sp³-hybridized carbons (Fsp3) is 0.185. The van der Waals surface area contributed by atoms with Gasteiger partial charge in [-0.05, 0) is 54.8 Å². The number of aromatic amines is 1. The molecule has 1 saturated heterocycles. The minimum absolute atomic E-state index is 0.0240. The summed E-state index contributed by atoms with van der Waals surface area (Å²) >= 11 is 0. The van der Waals surface area contributed by atoms with Crippen LogP contribution < -0.4 is 0 Å². The van der Waals surface area contributed by atoms with Crippen molar-refractivity contribution in [3.8, 4) is 16.8 Å². The fourth-order valence-corrected chi connectivity index (χ4v) is 5.15. The Morgan fingerprint density at radius 2 is 1.78 bits per heavy atom. The van der Waals surface area contributed by atoms with Crippen molar-refractivity contribution in [2.24, 2.45) is 0 Å². The number of nitrogens with one attached hydrogen (secondary N) is 1. The molecule has 6 rings (SSSR count). The van der Waals surface area contributed by atoms with Gasteiger partial charge in [0.15, 0.2) is 11.6 Å². The minimum atomic E-state index is -1.37. The van der Waals surface area contributed by atoms with E-state index in [0.717, 1.165) is 40.2 Å². The Hall–Kier alpha value is -4.11. The minimum Gasteiger partial charge on any atom is -0.478 e. The fourth-order valence-electron chi connectivity index (χ4n) is 5.15. The van der Waals surface area contributed by atoms with Crippen molar-refractivity contribution >= 4 is 27.8 Å². The van der Waals surface area contributed by atoms with Crippen LogP contribution in [0.3, 0.4) is 0 Å². The lowest BCUT2D eigenvalue weighted by atomic mass is 9.89. The SMILES string of the molecule is O=C(O)c1cc(-c2c(C3CCOCC3)n(-c3ccc(F)c(F)c3)c3cc4cn[nH]c4cc23)ccc1F. The number of aromatic nitrogens is 3. The van der Waals surface area contributed by atoms with Gasteiger partial charge in [-0.15, -0.1) is 0 Å². The van der Waals surface area contributed by atoms with E-state index >= 15 is 0 Å². The van der Waals surface area contributed by atoms with E-state index in [9.17, 15) is 23.1 Å². The average Bonchev–Trinajstić information content (AvgIpc) is 3.47. The zero-order valence-electron chi connectivity index (χ0n) is 18.9. The maximum atomic E-state index is 14.4. The van der Waals surface area contributed by atoms with Gasteiger partial charge in [-0.2, -0.15) is 5.10 Å². The van der Waals surface area contributed by atoms with Crippen molar-refractivity contribution in [2.75, 3.05) is 13.2 Å². The molecular weight excluding hydrogens is 471 g/mol. The van der Waals surface area contributed by atoms with Gasteiger partial charge in [-0.3, -0.25) is 5.10 Å². The van der Waals surface area contributed by atoms with Gasteiger partial charge >= 0.3 is 5.97 Å². The number of carboxylic acid groups (broad SMARTS) is 1. The van der Waals surface area contributed by atoms with Gasteiger partial charge in [-0.1, -0.05) is 6.07 Å². The Kier molecular flexibility index (Phi) is 5.30. The van der Waals surface area contributed by atoms with Gasteiger partial charge in [-0.25, -0.2) is 18.0 Å². The molecule has 0 atom stereocenters. The second-order valence-electron chi connectivity index (χ2n) is 8.91. The summed E-state index contributed by atoms with van der Waals surface area (Å²) in [6.07, 6.45) is 3.03. The quantitative estimate of drug-likeness (QED) is 0.315. The standard InChI is InChI=1S/C27H20F3N3O3/c28-20-3-1-15(9-18(20)27(34)35)25-19-12-23-16(13-31-32-23)10-24(19)33(17-2-4-21(29)22(30)11-17)26(25)14-5-7-36-8-6-14/h1-4,9-14H,5-8H2,(H,31,32)(H,34,35). The Balaban J connectivity index is 1.76. The van der Waals surface area contributed by atoms with Gasteiger partial charge in [0.1, 0.15) is 5.82 Å². The van der Waals surface area contributed by atoms with Crippen molar-refractivity contribution in [2.45, 2.75) is 18.8 Å². The highest BCUT2D eigenvalue weighted by Gasteiger charge is 2.29. The molecule has 0 amide bonds. The lowest BCUT2D eigenvalue weighted by Crippen LogP contribution is -2.17. The highest BCUT2D eigenvalue weighted by atomic mass is 19.2. The smallest absolute Gasteiger partial charge is 0.338 e. The number of H-pyrrole nitrogens is 1. The summed E-state index contributed by atoms with van der Waals surface area (Å²) in [6.45, 7) is 1.05. The van der Waals surface area contributed by atoms with Crippen molar-refractivity contribution in [3.63, 3.8) is 0 Å². The third-order valence-corrected chi connectivity index (χ3v) is 6.82. The van der Waals surface area contributed by atoms with Crippen LogP contribution >= 0.6 is 0 Å². The molecule has 5 aromatic rings. The number of benzene rings is 3. The van der Waals surface area contributed by atoms with Crippen LogP contribution in [0.2, 0.25) is 0 Å². The second kappa shape index (κ2) is 8.53. The molecule has 1 aliphatic heterocycles.